The number of hydrogen-bond donors (Lipinski definition) is 1. The second-order valence-corrected chi connectivity index (χ2v) is 6.09. The largest absolute Gasteiger partial charge is 0.497 e. The van der Waals surface area contributed by atoms with E-state index in [2.05, 4.69) is 71.5 Å². The molecule has 0 saturated heterocycles. The number of ether oxygens (including phenoxy) is 1. The second kappa shape index (κ2) is 7.62. The molecule has 0 aromatic heterocycles. The van der Waals surface area contributed by atoms with Crippen LogP contribution in [-0.2, 0) is 0 Å². The van der Waals surface area contributed by atoms with E-state index in [1.165, 1.54) is 11.1 Å². The predicted molar refractivity (Wildman–Crippen MR) is 91.7 cm³/mol. The minimum absolute atomic E-state index is 0.310. The molecule has 0 heterocycles. The molecule has 2 aromatic carbocycles. The molecule has 0 radical (unpaired) electrons. The van der Waals surface area contributed by atoms with Crippen LogP contribution in [0.5, 0.6) is 5.75 Å². The maximum absolute atomic E-state index is 5.22. The van der Waals surface area contributed by atoms with Crippen LogP contribution in [0.2, 0.25) is 0 Å². The van der Waals surface area contributed by atoms with Crippen LogP contribution in [-0.4, -0.2) is 7.11 Å². The summed E-state index contributed by atoms with van der Waals surface area (Å²) in [6, 6.07) is 17.4. The zero-order valence-electron chi connectivity index (χ0n) is 12.8. The fourth-order valence-electron chi connectivity index (χ4n) is 2.44. The summed E-state index contributed by atoms with van der Waals surface area (Å²) in [5.41, 5.74) is 2.59. The maximum atomic E-state index is 5.22. The lowest BCUT2D eigenvalue weighted by atomic mass is 10.0. The molecule has 21 heavy (non-hydrogen) atoms. The first-order chi connectivity index (χ1) is 10.1. The van der Waals surface area contributed by atoms with Crippen molar-refractivity contribution in [3.05, 3.63) is 64.1 Å². The second-order valence-electron chi connectivity index (χ2n) is 5.17. The number of halogens is 1. The monoisotopic (exact) mass is 347 g/mol. The van der Waals surface area contributed by atoms with E-state index in [1.54, 1.807) is 7.11 Å². The van der Waals surface area contributed by atoms with Gasteiger partial charge in [0.25, 0.3) is 0 Å². The van der Waals surface area contributed by atoms with Gasteiger partial charge in [0, 0.05) is 16.6 Å². The van der Waals surface area contributed by atoms with Gasteiger partial charge in [0.15, 0.2) is 0 Å². The molecule has 0 spiro atoms. The van der Waals surface area contributed by atoms with Gasteiger partial charge in [-0.3, -0.25) is 0 Å². The Morgan fingerprint density at radius 1 is 1.00 bits per heavy atom. The molecule has 0 aliphatic carbocycles. The predicted octanol–water partition coefficient (Wildman–Crippen LogP) is 5.26. The van der Waals surface area contributed by atoms with Crippen molar-refractivity contribution in [3.8, 4) is 5.75 Å². The molecule has 1 N–H and O–H groups in total. The molecule has 0 amide bonds. The average Bonchev–Trinajstić information content (AvgIpc) is 2.53. The van der Waals surface area contributed by atoms with E-state index < -0.39 is 0 Å². The van der Waals surface area contributed by atoms with Gasteiger partial charge in [-0.1, -0.05) is 47.1 Å². The van der Waals surface area contributed by atoms with Crippen LogP contribution in [0.4, 0.5) is 0 Å². The fourth-order valence-corrected chi connectivity index (χ4v) is 2.70. The van der Waals surface area contributed by atoms with E-state index >= 15 is 0 Å². The van der Waals surface area contributed by atoms with Gasteiger partial charge in [-0.2, -0.15) is 0 Å². The van der Waals surface area contributed by atoms with Gasteiger partial charge < -0.3 is 10.1 Å². The number of hydrogen-bond acceptors (Lipinski definition) is 2. The van der Waals surface area contributed by atoms with Crippen LogP contribution in [0.3, 0.4) is 0 Å². The third-order valence-corrected chi connectivity index (χ3v) is 4.28. The lowest BCUT2D eigenvalue weighted by molar-refractivity contribution is 0.413. The van der Waals surface area contributed by atoms with Crippen molar-refractivity contribution in [1.82, 2.24) is 5.32 Å². The maximum Gasteiger partial charge on any atom is 0.118 e. The van der Waals surface area contributed by atoms with E-state index in [0.29, 0.717) is 12.1 Å². The Bertz CT molecular complexity index is 550. The summed E-state index contributed by atoms with van der Waals surface area (Å²) < 4.78 is 6.33. The first-order valence-corrected chi connectivity index (χ1v) is 8.08. The van der Waals surface area contributed by atoms with Gasteiger partial charge in [0.05, 0.1) is 7.11 Å². The Kier molecular flexibility index (Phi) is 5.83. The minimum Gasteiger partial charge on any atom is -0.497 e. The molecular weight excluding hydrogens is 326 g/mol. The standard InChI is InChI=1S/C18H22BrNO/c1-4-18(15-7-11-17(21-3)12-8-15)20-13(2)14-5-9-16(19)10-6-14/h5-13,18,20H,4H2,1-3H3/t13-,18?/m1/s1. The number of benzene rings is 2. The first kappa shape index (κ1) is 16.1. The number of nitrogens with one attached hydrogen (secondary N) is 1. The third-order valence-electron chi connectivity index (χ3n) is 3.75. The van der Waals surface area contributed by atoms with Gasteiger partial charge in [-0.05, 0) is 48.7 Å². The number of rotatable bonds is 6. The van der Waals surface area contributed by atoms with Gasteiger partial charge >= 0.3 is 0 Å². The Morgan fingerprint density at radius 2 is 1.57 bits per heavy atom. The molecule has 2 aromatic rings. The summed E-state index contributed by atoms with van der Waals surface area (Å²) >= 11 is 3.48. The van der Waals surface area contributed by atoms with Gasteiger partial charge in [0.2, 0.25) is 0 Å². The van der Waals surface area contributed by atoms with Crippen molar-refractivity contribution in [2.24, 2.45) is 0 Å². The molecule has 0 aliphatic heterocycles. The van der Waals surface area contributed by atoms with Gasteiger partial charge in [0.1, 0.15) is 5.75 Å². The van der Waals surface area contributed by atoms with Crippen LogP contribution >= 0.6 is 15.9 Å². The molecule has 2 atom stereocenters. The molecule has 0 aliphatic rings. The Balaban J connectivity index is 2.08. The molecule has 3 heteroatoms. The Morgan fingerprint density at radius 3 is 2.10 bits per heavy atom. The van der Waals surface area contributed by atoms with E-state index in [1.807, 2.05) is 12.1 Å². The van der Waals surface area contributed by atoms with E-state index in [0.717, 1.165) is 16.6 Å². The van der Waals surface area contributed by atoms with Crippen molar-refractivity contribution in [1.29, 1.82) is 0 Å². The van der Waals surface area contributed by atoms with Gasteiger partial charge in [-0.25, -0.2) is 0 Å². The van der Waals surface area contributed by atoms with Crippen molar-refractivity contribution in [3.63, 3.8) is 0 Å². The van der Waals surface area contributed by atoms with Crippen LogP contribution in [0, 0.1) is 0 Å². The summed E-state index contributed by atoms with van der Waals surface area (Å²) in [4.78, 5) is 0. The smallest absolute Gasteiger partial charge is 0.118 e. The molecule has 112 valence electrons. The average molecular weight is 348 g/mol. The van der Waals surface area contributed by atoms with E-state index in [9.17, 15) is 0 Å². The Hall–Kier alpha value is -1.32. The lowest BCUT2D eigenvalue weighted by Crippen LogP contribution is -2.24. The van der Waals surface area contributed by atoms with Crippen LogP contribution < -0.4 is 10.1 Å². The normalized spacial score (nSPS) is 13.7. The van der Waals surface area contributed by atoms with Crippen LogP contribution in [0.1, 0.15) is 43.5 Å². The number of methoxy groups -OCH3 is 1. The lowest BCUT2D eigenvalue weighted by Gasteiger charge is -2.23. The van der Waals surface area contributed by atoms with Crippen molar-refractivity contribution < 1.29 is 4.74 Å². The molecular formula is C18H22BrNO. The van der Waals surface area contributed by atoms with Crippen LogP contribution in [0.25, 0.3) is 0 Å². The highest BCUT2D eigenvalue weighted by molar-refractivity contribution is 9.10. The van der Waals surface area contributed by atoms with Gasteiger partial charge in [-0.15, -0.1) is 0 Å². The molecule has 2 nitrogen and oxygen atoms in total. The molecule has 1 unspecified atom stereocenters. The summed E-state index contributed by atoms with van der Waals surface area (Å²) in [6.45, 7) is 4.41. The Labute approximate surface area is 135 Å². The highest BCUT2D eigenvalue weighted by Crippen LogP contribution is 2.24. The van der Waals surface area contributed by atoms with Crippen LogP contribution in [0.15, 0.2) is 53.0 Å². The minimum atomic E-state index is 0.310. The molecule has 0 bridgehead atoms. The van der Waals surface area contributed by atoms with E-state index in [-0.39, 0.29) is 0 Å². The summed E-state index contributed by atoms with van der Waals surface area (Å²) in [5, 5.41) is 3.70. The van der Waals surface area contributed by atoms with Crippen molar-refractivity contribution in [2.75, 3.05) is 7.11 Å². The first-order valence-electron chi connectivity index (χ1n) is 7.29. The topological polar surface area (TPSA) is 21.3 Å². The zero-order valence-corrected chi connectivity index (χ0v) is 14.4. The summed E-state index contributed by atoms with van der Waals surface area (Å²) in [5.74, 6) is 0.898. The highest BCUT2D eigenvalue weighted by atomic mass is 79.9. The molecule has 0 fully saturated rings. The summed E-state index contributed by atoms with van der Waals surface area (Å²) in [7, 11) is 1.69. The third kappa shape index (κ3) is 4.32. The zero-order chi connectivity index (χ0) is 15.2. The molecule has 0 saturated carbocycles. The highest BCUT2D eigenvalue weighted by Gasteiger charge is 2.13. The fraction of sp³-hybridized carbons (Fsp3) is 0.333. The van der Waals surface area contributed by atoms with Crippen molar-refractivity contribution >= 4 is 15.9 Å². The van der Waals surface area contributed by atoms with Crippen molar-refractivity contribution in [2.45, 2.75) is 32.4 Å². The van der Waals surface area contributed by atoms with E-state index in [4.69, 9.17) is 4.74 Å². The molecule has 2 rings (SSSR count). The quantitative estimate of drug-likeness (QED) is 0.769. The SMILES string of the molecule is CCC(N[C@H](C)c1ccc(Br)cc1)c1ccc(OC)cc1. The summed E-state index contributed by atoms with van der Waals surface area (Å²) in [6.07, 6.45) is 1.05.